The standard InChI is InChI=1S/C19H11Cl2FN2O3S/c20-16-2-1-3-19(15(16)11-23)27-13-5-7-14(8-6-13)28(25,26)24-12-4-9-18(22)17(21)10-12/h1-10,24H. The van der Waals surface area contributed by atoms with Gasteiger partial charge in [-0.2, -0.15) is 5.26 Å². The van der Waals surface area contributed by atoms with Crippen molar-refractivity contribution in [2.75, 3.05) is 4.72 Å². The van der Waals surface area contributed by atoms with Crippen LogP contribution in [0.3, 0.4) is 0 Å². The van der Waals surface area contributed by atoms with Crippen molar-refractivity contribution >= 4 is 38.9 Å². The fourth-order valence-corrected chi connectivity index (χ4v) is 3.72. The molecule has 0 radical (unpaired) electrons. The second kappa shape index (κ2) is 8.07. The van der Waals surface area contributed by atoms with Crippen molar-refractivity contribution in [1.29, 1.82) is 5.26 Å². The maximum Gasteiger partial charge on any atom is 0.261 e. The molecule has 28 heavy (non-hydrogen) atoms. The third-order valence-corrected chi connectivity index (χ3v) is 5.62. The molecule has 142 valence electrons. The van der Waals surface area contributed by atoms with Gasteiger partial charge < -0.3 is 4.74 Å². The molecule has 0 aliphatic carbocycles. The van der Waals surface area contributed by atoms with Crippen LogP contribution in [-0.4, -0.2) is 8.42 Å². The molecule has 5 nitrogen and oxygen atoms in total. The van der Waals surface area contributed by atoms with Crippen LogP contribution in [0.5, 0.6) is 11.5 Å². The Bertz CT molecular complexity index is 1180. The Kier molecular flexibility index (Phi) is 5.75. The van der Waals surface area contributed by atoms with Crippen molar-refractivity contribution in [3.8, 4) is 17.6 Å². The van der Waals surface area contributed by atoms with Gasteiger partial charge in [-0.25, -0.2) is 12.8 Å². The number of hydrogen-bond donors (Lipinski definition) is 1. The van der Waals surface area contributed by atoms with E-state index in [9.17, 15) is 12.8 Å². The van der Waals surface area contributed by atoms with Gasteiger partial charge >= 0.3 is 0 Å². The summed E-state index contributed by atoms with van der Waals surface area (Å²) < 4.78 is 46.1. The molecule has 0 saturated carbocycles. The fourth-order valence-electron chi connectivity index (χ4n) is 2.29. The fraction of sp³-hybridized carbons (Fsp3) is 0. The first-order valence-electron chi connectivity index (χ1n) is 7.74. The van der Waals surface area contributed by atoms with E-state index in [0.29, 0.717) is 5.75 Å². The predicted octanol–water partition coefficient (Wildman–Crippen LogP) is 5.60. The number of halogens is 3. The minimum absolute atomic E-state index is 0.0353. The van der Waals surface area contributed by atoms with Crippen molar-refractivity contribution in [2.45, 2.75) is 4.90 Å². The topological polar surface area (TPSA) is 79.2 Å². The van der Waals surface area contributed by atoms with Crippen LogP contribution in [0.1, 0.15) is 5.56 Å². The molecule has 0 saturated heterocycles. The van der Waals surface area contributed by atoms with E-state index in [0.717, 1.165) is 6.07 Å². The Morgan fingerprint density at radius 3 is 2.36 bits per heavy atom. The quantitative estimate of drug-likeness (QED) is 0.564. The summed E-state index contributed by atoms with van der Waals surface area (Å²) in [7, 11) is -3.91. The van der Waals surface area contributed by atoms with E-state index in [1.807, 2.05) is 6.07 Å². The third kappa shape index (κ3) is 4.37. The summed E-state index contributed by atoms with van der Waals surface area (Å²) in [6, 6.07) is 15.8. The Balaban J connectivity index is 1.81. The van der Waals surface area contributed by atoms with Crippen LogP contribution in [0.2, 0.25) is 10.0 Å². The summed E-state index contributed by atoms with van der Waals surface area (Å²) in [5, 5.41) is 9.23. The molecule has 3 aromatic rings. The number of sulfonamides is 1. The molecule has 9 heteroatoms. The number of nitriles is 1. The Morgan fingerprint density at radius 2 is 1.71 bits per heavy atom. The Labute approximate surface area is 170 Å². The van der Waals surface area contributed by atoms with Gasteiger partial charge in [0.05, 0.1) is 20.6 Å². The first-order chi connectivity index (χ1) is 13.3. The highest BCUT2D eigenvalue weighted by Crippen LogP contribution is 2.30. The highest BCUT2D eigenvalue weighted by atomic mass is 35.5. The Morgan fingerprint density at radius 1 is 1.00 bits per heavy atom. The van der Waals surface area contributed by atoms with Crippen molar-refractivity contribution in [3.05, 3.63) is 82.1 Å². The molecule has 0 heterocycles. The van der Waals surface area contributed by atoms with Gasteiger partial charge in [-0.1, -0.05) is 29.3 Å². The van der Waals surface area contributed by atoms with Crippen molar-refractivity contribution in [2.24, 2.45) is 0 Å². The van der Waals surface area contributed by atoms with E-state index in [1.165, 1.54) is 36.4 Å². The van der Waals surface area contributed by atoms with Gasteiger partial charge in [0, 0.05) is 0 Å². The maximum atomic E-state index is 13.2. The molecule has 1 N–H and O–H groups in total. The molecule has 0 bridgehead atoms. The molecule has 0 unspecified atom stereocenters. The third-order valence-electron chi connectivity index (χ3n) is 3.62. The van der Waals surface area contributed by atoms with Crippen LogP contribution in [-0.2, 0) is 10.0 Å². The minimum Gasteiger partial charge on any atom is -0.456 e. The SMILES string of the molecule is N#Cc1c(Cl)cccc1Oc1ccc(S(=O)(=O)Nc2ccc(F)c(Cl)c2)cc1. The molecule has 0 aliphatic rings. The number of ether oxygens (including phenoxy) is 1. The van der Waals surface area contributed by atoms with Crippen LogP contribution in [0.15, 0.2) is 65.6 Å². The van der Waals surface area contributed by atoms with Crippen LogP contribution < -0.4 is 9.46 Å². The highest BCUT2D eigenvalue weighted by Gasteiger charge is 2.16. The molecule has 0 spiro atoms. The Hall–Kier alpha value is -2.79. The van der Waals surface area contributed by atoms with E-state index in [2.05, 4.69) is 4.72 Å². The van der Waals surface area contributed by atoms with Crippen LogP contribution in [0.4, 0.5) is 10.1 Å². The molecule has 0 aliphatic heterocycles. The van der Waals surface area contributed by atoms with E-state index in [4.69, 9.17) is 33.2 Å². The van der Waals surface area contributed by atoms with Gasteiger partial charge in [0.25, 0.3) is 10.0 Å². The molecule has 3 rings (SSSR count). The molecule has 0 aromatic heterocycles. The van der Waals surface area contributed by atoms with Gasteiger partial charge in [0.15, 0.2) is 0 Å². The zero-order valence-electron chi connectivity index (χ0n) is 14.0. The maximum absolute atomic E-state index is 13.2. The lowest BCUT2D eigenvalue weighted by atomic mass is 10.2. The van der Waals surface area contributed by atoms with Crippen LogP contribution in [0.25, 0.3) is 0 Å². The second-order valence-electron chi connectivity index (χ2n) is 5.53. The summed E-state index contributed by atoms with van der Waals surface area (Å²) in [4.78, 5) is -0.0353. The molecule has 0 atom stereocenters. The van der Waals surface area contributed by atoms with Crippen molar-refractivity contribution in [3.63, 3.8) is 0 Å². The second-order valence-corrected chi connectivity index (χ2v) is 8.03. The number of anilines is 1. The largest absolute Gasteiger partial charge is 0.456 e. The number of hydrogen-bond acceptors (Lipinski definition) is 4. The molecule has 3 aromatic carbocycles. The first kappa shape index (κ1) is 20.0. The zero-order chi connectivity index (χ0) is 20.3. The average Bonchev–Trinajstić information content (AvgIpc) is 2.65. The summed E-state index contributed by atoms with van der Waals surface area (Å²) in [6.07, 6.45) is 0. The lowest BCUT2D eigenvalue weighted by Gasteiger charge is -2.11. The normalized spacial score (nSPS) is 10.9. The number of benzene rings is 3. The lowest BCUT2D eigenvalue weighted by Crippen LogP contribution is -2.12. The summed E-state index contributed by atoms with van der Waals surface area (Å²) in [6.45, 7) is 0. The van der Waals surface area contributed by atoms with E-state index < -0.39 is 15.8 Å². The van der Waals surface area contributed by atoms with Gasteiger partial charge in [0.1, 0.15) is 28.9 Å². The summed E-state index contributed by atoms with van der Waals surface area (Å²) in [5.41, 5.74) is 0.306. The highest BCUT2D eigenvalue weighted by molar-refractivity contribution is 7.92. The van der Waals surface area contributed by atoms with Crippen molar-refractivity contribution < 1.29 is 17.5 Å². The molecule has 0 amide bonds. The predicted molar refractivity (Wildman–Crippen MR) is 105 cm³/mol. The van der Waals surface area contributed by atoms with Crippen LogP contribution in [0, 0.1) is 17.1 Å². The monoisotopic (exact) mass is 436 g/mol. The van der Waals surface area contributed by atoms with Crippen LogP contribution >= 0.6 is 23.2 Å². The van der Waals surface area contributed by atoms with Gasteiger partial charge in [0.2, 0.25) is 0 Å². The number of nitrogens with zero attached hydrogens (tertiary/aromatic N) is 1. The average molecular weight is 437 g/mol. The molecular formula is C19H11Cl2FN2O3S. The zero-order valence-corrected chi connectivity index (χ0v) is 16.3. The molecule has 0 fully saturated rings. The first-order valence-corrected chi connectivity index (χ1v) is 9.98. The molecular weight excluding hydrogens is 426 g/mol. The van der Waals surface area contributed by atoms with Gasteiger partial charge in [-0.3, -0.25) is 4.72 Å². The summed E-state index contributed by atoms with van der Waals surface area (Å²) in [5.74, 6) is -0.0731. The smallest absolute Gasteiger partial charge is 0.261 e. The lowest BCUT2D eigenvalue weighted by molar-refractivity contribution is 0.480. The van der Waals surface area contributed by atoms with Gasteiger partial charge in [-0.15, -0.1) is 0 Å². The summed E-state index contributed by atoms with van der Waals surface area (Å²) >= 11 is 11.6. The number of nitrogens with one attached hydrogen (secondary N) is 1. The van der Waals surface area contributed by atoms with Gasteiger partial charge in [-0.05, 0) is 54.6 Å². The minimum atomic E-state index is -3.91. The van der Waals surface area contributed by atoms with E-state index in [1.54, 1.807) is 18.2 Å². The van der Waals surface area contributed by atoms with E-state index >= 15 is 0 Å². The van der Waals surface area contributed by atoms with Crippen molar-refractivity contribution in [1.82, 2.24) is 0 Å². The van der Waals surface area contributed by atoms with E-state index in [-0.39, 0.29) is 31.9 Å². The number of rotatable bonds is 5.